The van der Waals surface area contributed by atoms with E-state index in [2.05, 4.69) is 40.5 Å². The number of rotatable bonds is 6. The Morgan fingerprint density at radius 1 is 1.00 bits per heavy atom. The Balaban J connectivity index is 0.00000294. The number of fused-ring (bicyclic) bond motifs is 2. The van der Waals surface area contributed by atoms with Crippen LogP contribution in [0.5, 0.6) is 0 Å². The zero-order valence-corrected chi connectivity index (χ0v) is 22.6. The summed E-state index contributed by atoms with van der Waals surface area (Å²) in [6.07, 6.45) is 0.872. The molecule has 6 rings (SSSR count). The Bertz CT molecular complexity index is 1580. The van der Waals surface area contributed by atoms with Gasteiger partial charge in [-0.3, -0.25) is 19.8 Å². The lowest BCUT2D eigenvalue weighted by atomic mass is 10.0. The molecule has 7 nitrogen and oxygen atoms in total. The molecular weight excluding hydrogens is 540 g/mol. The third-order valence-corrected chi connectivity index (χ3v) is 8.65. The summed E-state index contributed by atoms with van der Waals surface area (Å²) < 4.78 is 1.10. The fourth-order valence-corrected chi connectivity index (χ4v) is 7.03. The molecule has 1 aliphatic rings. The zero-order chi connectivity index (χ0) is 25.4. The van der Waals surface area contributed by atoms with Gasteiger partial charge < -0.3 is 5.32 Å². The molecule has 5 aromatic rings. The summed E-state index contributed by atoms with van der Waals surface area (Å²) >= 11 is 3.23. The summed E-state index contributed by atoms with van der Waals surface area (Å²) in [6, 6.07) is 24.2. The third-order valence-electron chi connectivity index (χ3n) is 6.46. The lowest BCUT2D eigenvalue weighted by molar-refractivity contribution is -0.384. The minimum Gasteiger partial charge on any atom is -0.313 e. The smallest absolute Gasteiger partial charge is 0.269 e. The van der Waals surface area contributed by atoms with Crippen LogP contribution in [-0.2, 0) is 19.5 Å². The highest BCUT2D eigenvalue weighted by Gasteiger charge is 2.28. The number of halogens is 1. The molecule has 0 spiro atoms. The number of hydrogen-bond acceptors (Lipinski definition) is 7. The normalized spacial score (nSPS) is 13.1. The number of amides is 1. The molecule has 0 aliphatic carbocycles. The maximum atomic E-state index is 13.2. The number of nitro groups is 1. The van der Waals surface area contributed by atoms with Crippen LogP contribution in [-0.4, -0.2) is 27.3 Å². The Kier molecular flexibility index (Phi) is 7.53. The minimum atomic E-state index is -0.471. The molecule has 0 unspecified atom stereocenters. The van der Waals surface area contributed by atoms with Crippen molar-refractivity contribution in [3.8, 4) is 10.6 Å². The van der Waals surface area contributed by atoms with Crippen molar-refractivity contribution in [1.82, 2.24) is 9.88 Å². The third kappa shape index (κ3) is 5.19. The predicted octanol–water partition coefficient (Wildman–Crippen LogP) is 7.17. The van der Waals surface area contributed by atoms with Gasteiger partial charge in [-0.15, -0.1) is 35.1 Å². The van der Waals surface area contributed by atoms with Gasteiger partial charge in [0.25, 0.3) is 11.6 Å². The number of hydrogen-bond donors (Lipinski definition) is 1. The Hall–Kier alpha value is -3.63. The molecule has 2 aromatic heterocycles. The van der Waals surface area contributed by atoms with Gasteiger partial charge in [0.2, 0.25) is 0 Å². The maximum absolute atomic E-state index is 13.2. The van der Waals surface area contributed by atoms with Gasteiger partial charge in [-0.1, -0.05) is 42.5 Å². The van der Waals surface area contributed by atoms with Crippen LogP contribution >= 0.6 is 35.1 Å². The molecule has 10 heteroatoms. The Morgan fingerprint density at radius 3 is 2.47 bits per heavy atom. The fourth-order valence-electron chi connectivity index (χ4n) is 4.64. The van der Waals surface area contributed by atoms with Crippen molar-refractivity contribution in [2.24, 2.45) is 0 Å². The van der Waals surface area contributed by atoms with E-state index in [0.29, 0.717) is 5.56 Å². The second kappa shape index (κ2) is 11.0. The average molecular weight is 563 g/mol. The molecular formula is C28H23ClN4O3S2. The van der Waals surface area contributed by atoms with Crippen LogP contribution in [0.4, 0.5) is 10.7 Å². The summed E-state index contributed by atoms with van der Waals surface area (Å²) in [5.41, 5.74) is 4.79. The quantitative estimate of drug-likeness (QED) is 0.175. The van der Waals surface area contributed by atoms with E-state index in [-0.39, 0.29) is 24.0 Å². The van der Waals surface area contributed by atoms with Crippen molar-refractivity contribution in [2.75, 3.05) is 11.9 Å². The van der Waals surface area contributed by atoms with Crippen molar-refractivity contribution in [2.45, 2.75) is 19.5 Å². The highest BCUT2D eigenvalue weighted by Crippen LogP contribution is 2.46. The maximum Gasteiger partial charge on any atom is 0.269 e. The molecule has 38 heavy (non-hydrogen) atoms. The van der Waals surface area contributed by atoms with Crippen LogP contribution in [0.3, 0.4) is 0 Å². The number of non-ortho nitro benzene ring substituents is 1. The van der Waals surface area contributed by atoms with Crippen LogP contribution in [0.15, 0.2) is 78.9 Å². The van der Waals surface area contributed by atoms with E-state index in [0.717, 1.165) is 51.8 Å². The molecule has 0 fully saturated rings. The van der Waals surface area contributed by atoms with Crippen LogP contribution < -0.4 is 5.32 Å². The molecule has 1 amide bonds. The first-order chi connectivity index (χ1) is 18.0. The molecule has 0 saturated heterocycles. The topological polar surface area (TPSA) is 88.4 Å². The number of thiazole rings is 1. The van der Waals surface area contributed by atoms with Gasteiger partial charge in [-0.2, -0.15) is 0 Å². The van der Waals surface area contributed by atoms with E-state index in [1.165, 1.54) is 40.3 Å². The summed E-state index contributed by atoms with van der Waals surface area (Å²) in [5, 5.41) is 15.8. The monoisotopic (exact) mass is 562 g/mol. The second-order valence-electron chi connectivity index (χ2n) is 8.90. The van der Waals surface area contributed by atoms with E-state index >= 15 is 0 Å². The highest BCUT2D eigenvalue weighted by molar-refractivity contribution is 7.23. The molecule has 0 radical (unpaired) electrons. The molecule has 0 bridgehead atoms. The molecule has 3 heterocycles. The molecule has 1 aliphatic heterocycles. The van der Waals surface area contributed by atoms with Gasteiger partial charge in [0.15, 0.2) is 0 Å². The SMILES string of the molecule is Cl.O=C(Nc1sc2c(c1-c1nc3ccccc3s1)CCN(Cc1ccccc1)C2)c1ccc([N+](=O)[O-])cc1. The van der Waals surface area contributed by atoms with Crippen molar-refractivity contribution in [3.63, 3.8) is 0 Å². The average Bonchev–Trinajstić information content (AvgIpc) is 3.49. The molecule has 0 atom stereocenters. The van der Waals surface area contributed by atoms with Crippen LogP contribution in [0.2, 0.25) is 0 Å². The number of para-hydroxylation sites is 1. The second-order valence-corrected chi connectivity index (χ2v) is 11.0. The molecule has 0 saturated carbocycles. The van der Waals surface area contributed by atoms with Crippen LogP contribution in [0, 0.1) is 10.1 Å². The van der Waals surface area contributed by atoms with Crippen molar-refractivity contribution in [3.05, 3.63) is 111 Å². The lowest BCUT2D eigenvalue weighted by Crippen LogP contribution is -2.29. The number of thiophene rings is 1. The molecule has 1 N–H and O–H groups in total. The summed E-state index contributed by atoms with van der Waals surface area (Å²) in [5.74, 6) is -0.294. The van der Waals surface area contributed by atoms with Gasteiger partial charge in [-0.25, -0.2) is 4.98 Å². The van der Waals surface area contributed by atoms with E-state index in [1.54, 1.807) is 22.7 Å². The summed E-state index contributed by atoms with van der Waals surface area (Å²) in [6.45, 7) is 2.60. The van der Waals surface area contributed by atoms with E-state index in [1.807, 2.05) is 24.3 Å². The van der Waals surface area contributed by atoms with E-state index < -0.39 is 4.92 Å². The van der Waals surface area contributed by atoms with Gasteiger partial charge >= 0.3 is 0 Å². The molecule has 192 valence electrons. The summed E-state index contributed by atoms with van der Waals surface area (Å²) in [7, 11) is 0. The van der Waals surface area contributed by atoms with E-state index in [4.69, 9.17) is 4.98 Å². The number of nitrogens with zero attached hydrogens (tertiary/aromatic N) is 3. The standard InChI is InChI=1S/C28H22N4O3S2.ClH/c33-26(19-10-12-20(13-11-19)32(34)35)30-28-25(27-29-22-8-4-5-9-23(22)36-27)21-14-15-31(17-24(21)37-28)16-18-6-2-1-3-7-18;/h1-13H,14-17H2,(H,30,33);1H. The number of nitro benzene ring substituents is 1. The number of nitrogens with one attached hydrogen (secondary N) is 1. The molecule has 3 aromatic carbocycles. The first-order valence-corrected chi connectivity index (χ1v) is 13.5. The van der Waals surface area contributed by atoms with E-state index in [9.17, 15) is 14.9 Å². The van der Waals surface area contributed by atoms with Gasteiger partial charge in [-0.05, 0) is 41.8 Å². The van der Waals surface area contributed by atoms with Crippen LogP contribution in [0.25, 0.3) is 20.8 Å². The number of anilines is 1. The number of carbonyl (C=O) groups is 1. The number of aromatic nitrogens is 1. The highest BCUT2D eigenvalue weighted by atomic mass is 35.5. The Labute approximate surface area is 233 Å². The minimum absolute atomic E-state index is 0. The van der Waals surface area contributed by atoms with Crippen molar-refractivity contribution >= 4 is 61.9 Å². The first-order valence-electron chi connectivity index (χ1n) is 11.9. The van der Waals surface area contributed by atoms with Gasteiger partial charge in [0.1, 0.15) is 10.0 Å². The largest absolute Gasteiger partial charge is 0.313 e. The van der Waals surface area contributed by atoms with Crippen molar-refractivity contribution in [1.29, 1.82) is 0 Å². The number of carbonyl (C=O) groups excluding carboxylic acids is 1. The Morgan fingerprint density at radius 2 is 1.74 bits per heavy atom. The summed E-state index contributed by atoms with van der Waals surface area (Å²) in [4.78, 5) is 32.3. The van der Waals surface area contributed by atoms with Crippen LogP contribution in [0.1, 0.15) is 26.4 Å². The van der Waals surface area contributed by atoms with Gasteiger partial charge in [0.05, 0.1) is 15.1 Å². The van der Waals surface area contributed by atoms with Gasteiger partial charge in [0, 0.05) is 47.8 Å². The fraction of sp³-hybridized carbons (Fsp3) is 0.143. The van der Waals surface area contributed by atoms with Crippen molar-refractivity contribution < 1.29 is 9.72 Å². The predicted molar refractivity (Wildman–Crippen MR) is 155 cm³/mol. The first kappa shape index (κ1) is 26.0. The zero-order valence-electron chi connectivity index (χ0n) is 20.1. The number of benzene rings is 3. The lowest BCUT2D eigenvalue weighted by Gasteiger charge is -2.27.